The molecule has 0 N–H and O–H groups in total. The molecule has 1 aliphatic heterocycles. The Labute approximate surface area is 193 Å². The minimum Gasteiger partial charge on any atom is -0.497 e. The molecule has 10 heteroatoms. The Morgan fingerprint density at radius 2 is 1.88 bits per heavy atom. The van der Waals surface area contributed by atoms with Crippen LogP contribution >= 0.6 is 11.6 Å². The molecular formula is C23H21ClFN5O3. The number of hydrogen-bond donors (Lipinski definition) is 0. The van der Waals surface area contributed by atoms with Gasteiger partial charge >= 0.3 is 5.69 Å². The van der Waals surface area contributed by atoms with Gasteiger partial charge in [0, 0.05) is 36.4 Å². The zero-order valence-corrected chi connectivity index (χ0v) is 18.8. The highest BCUT2D eigenvalue weighted by atomic mass is 35.5. The molecule has 2 aromatic carbocycles. The van der Waals surface area contributed by atoms with Crippen LogP contribution in [-0.4, -0.2) is 32.3 Å². The van der Waals surface area contributed by atoms with Crippen molar-refractivity contribution in [3.63, 3.8) is 0 Å². The van der Waals surface area contributed by atoms with E-state index in [0.717, 1.165) is 22.4 Å². The molecule has 33 heavy (non-hydrogen) atoms. The van der Waals surface area contributed by atoms with E-state index in [4.69, 9.17) is 16.3 Å². The number of anilines is 2. The van der Waals surface area contributed by atoms with E-state index in [1.54, 1.807) is 14.2 Å². The largest absolute Gasteiger partial charge is 0.497 e. The van der Waals surface area contributed by atoms with Crippen molar-refractivity contribution in [1.82, 2.24) is 18.7 Å². The minimum absolute atomic E-state index is 0.0935. The van der Waals surface area contributed by atoms with Gasteiger partial charge in [-0.15, -0.1) is 0 Å². The van der Waals surface area contributed by atoms with Gasteiger partial charge in [-0.3, -0.25) is 13.9 Å². The van der Waals surface area contributed by atoms with E-state index in [9.17, 15) is 14.0 Å². The number of nitrogens with zero attached hydrogens (tertiary/aromatic N) is 5. The first-order chi connectivity index (χ1) is 15.9. The third kappa shape index (κ3) is 3.39. The summed E-state index contributed by atoms with van der Waals surface area (Å²) < 4.78 is 23.8. The van der Waals surface area contributed by atoms with Crippen molar-refractivity contribution in [2.24, 2.45) is 7.05 Å². The Bertz CT molecular complexity index is 1470. The third-order valence-electron chi connectivity index (χ3n) is 5.98. The number of aryl methyl sites for hydroxylation is 2. The monoisotopic (exact) mass is 469 g/mol. The van der Waals surface area contributed by atoms with Gasteiger partial charge in [0.2, 0.25) is 5.95 Å². The summed E-state index contributed by atoms with van der Waals surface area (Å²) in [6.45, 7) is 1.02. The van der Waals surface area contributed by atoms with Crippen LogP contribution in [0.5, 0.6) is 5.75 Å². The molecule has 0 saturated heterocycles. The first kappa shape index (κ1) is 21.3. The Balaban J connectivity index is 1.69. The lowest BCUT2D eigenvalue weighted by Gasteiger charge is -2.29. The zero-order valence-electron chi connectivity index (χ0n) is 18.1. The summed E-state index contributed by atoms with van der Waals surface area (Å²) >= 11 is 6.15. The highest BCUT2D eigenvalue weighted by Gasteiger charge is 2.27. The second kappa shape index (κ2) is 8.08. The van der Waals surface area contributed by atoms with E-state index in [1.165, 1.54) is 22.8 Å². The molecular weight excluding hydrogens is 449 g/mol. The molecule has 0 atom stereocenters. The van der Waals surface area contributed by atoms with Crippen molar-refractivity contribution in [1.29, 1.82) is 0 Å². The molecule has 0 saturated carbocycles. The van der Waals surface area contributed by atoms with E-state index in [0.29, 0.717) is 24.6 Å². The number of halogens is 2. The van der Waals surface area contributed by atoms with Crippen LogP contribution < -0.4 is 20.9 Å². The summed E-state index contributed by atoms with van der Waals surface area (Å²) in [5.41, 5.74) is 0.474. The molecule has 1 aliphatic rings. The summed E-state index contributed by atoms with van der Waals surface area (Å²) in [5, 5.41) is 0.157. The van der Waals surface area contributed by atoms with Gasteiger partial charge in [-0.2, -0.15) is 4.98 Å². The second-order valence-electron chi connectivity index (χ2n) is 7.87. The van der Waals surface area contributed by atoms with Crippen LogP contribution in [0.15, 0.2) is 52.1 Å². The van der Waals surface area contributed by atoms with Gasteiger partial charge in [-0.25, -0.2) is 9.18 Å². The standard InChI is InChI=1S/C23H21ClFN5O3/c1-27-20-19(21(31)30(23(27)32)13-16-17(24)5-3-6-18(16)25)29-12-4-11-28(22(29)26-20)14-7-9-15(33-2)10-8-14/h3,5-10H,4,11-13H2,1-2H3. The number of aromatic nitrogens is 4. The van der Waals surface area contributed by atoms with Crippen molar-refractivity contribution < 1.29 is 9.13 Å². The molecule has 4 aromatic rings. The lowest BCUT2D eigenvalue weighted by Crippen LogP contribution is -2.40. The first-order valence-electron chi connectivity index (χ1n) is 10.4. The van der Waals surface area contributed by atoms with E-state index in [1.807, 2.05) is 33.7 Å². The lowest BCUT2D eigenvalue weighted by molar-refractivity contribution is 0.415. The molecule has 0 amide bonds. The zero-order chi connectivity index (χ0) is 23.3. The Morgan fingerprint density at radius 1 is 1.12 bits per heavy atom. The quantitative estimate of drug-likeness (QED) is 0.458. The molecule has 0 unspecified atom stereocenters. The fraction of sp³-hybridized carbons (Fsp3) is 0.261. The van der Waals surface area contributed by atoms with E-state index in [2.05, 4.69) is 4.98 Å². The molecule has 0 aliphatic carbocycles. The van der Waals surface area contributed by atoms with E-state index < -0.39 is 17.1 Å². The van der Waals surface area contributed by atoms with Crippen LogP contribution in [0.25, 0.3) is 11.2 Å². The summed E-state index contributed by atoms with van der Waals surface area (Å²) in [4.78, 5) is 33.2. The van der Waals surface area contributed by atoms with Crippen LogP contribution in [0.3, 0.4) is 0 Å². The number of hydrogen-bond acceptors (Lipinski definition) is 5. The van der Waals surface area contributed by atoms with Crippen molar-refractivity contribution in [3.05, 3.63) is 79.7 Å². The Hall–Kier alpha value is -3.59. The van der Waals surface area contributed by atoms with Crippen molar-refractivity contribution in [3.8, 4) is 5.75 Å². The first-order valence-corrected chi connectivity index (χ1v) is 10.8. The summed E-state index contributed by atoms with van der Waals surface area (Å²) in [7, 11) is 3.16. The normalized spacial score (nSPS) is 13.4. The lowest BCUT2D eigenvalue weighted by atomic mass is 10.2. The maximum absolute atomic E-state index is 14.4. The number of rotatable bonds is 4. The number of imidazole rings is 1. The predicted molar refractivity (Wildman–Crippen MR) is 124 cm³/mol. The summed E-state index contributed by atoms with van der Waals surface area (Å²) in [6.07, 6.45) is 0.784. The van der Waals surface area contributed by atoms with Gasteiger partial charge in [0.05, 0.1) is 13.7 Å². The SMILES string of the molecule is COc1ccc(N2CCCn3c2nc2c3c(=O)n(Cc3c(F)cccc3Cl)c(=O)n2C)cc1. The fourth-order valence-electron chi connectivity index (χ4n) is 4.25. The fourth-order valence-corrected chi connectivity index (χ4v) is 4.48. The molecule has 0 bridgehead atoms. The molecule has 0 spiro atoms. The number of methoxy groups -OCH3 is 1. The predicted octanol–water partition coefficient (Wildman–Crippen LogP) is 3.29. The van der Waals surface area contributed by atoms with Gasteiger partial charge in [-0.05, 0) is 42.8 Å². The highest BCUT2D eigenvalue weighted by Crippen LogP contribution is 2.32. The minimum atomic E-state index is -0.585. The highest BCUT2D eigenvalue weighted by molar-refractivity contribution is 6.31. The molecule has 2 aromatic heterocycles. The van der Waals surface area contributed by atoms with Gasteiger partial charge in [0.25, 0.3) is 5.56 Å². The third-order valence-corrected chi connectivity index (χ3v) is 6.33. The maximum Gasteiger partial charge on any atom is 0.332 e. The average Bonchev–Trinajstić information content (AvgIpc) is 3.22. The van der Waals surface area contributed by atoms with Gasteiger partial charge in [0.15, 0.2) is 11.2 Å². The molecule has 0 fully saturated rings. The molecule has 170 valence electrons. The summed E-state index contributed by atoms with van der Waals surface area (Å²) in [5.74, 6) is 0.745. The molecule has 8 nitrogen and oxygen atoms in total. The van der Waals surface area contributed by atoms with Crippen LogP contribution in [0.1, 0.15) is 12.0 Å². The van der Waals surface area contributed by atoms with Crippen molar-refractivity contribution in [2.45, 2.75) is 19.5 Å². The Kier molecular flexibility index (Phi) is 5.20. The van der Waals surface area contributed by atoms with Crippen molar-refractivity contribution >= 4 is 34.4 Å². The molecule has 0 radical (unpaired) electrons. The summed E-state index contributed by atoms with van der Waals surface area (Å²) in [6, 6.07) is 11.8. The van der Waals surface area contributed by atoms with Gasteiger partial charge < -0.3 is 14.2 Å². The van der Waals surface area contributed by atoms with Gasteiger partial charge in [0.1, 0.15) is 11.6 Å². The molecule has 3 heterocycles. The second-order valence-corrected chi connectivity index (χ2v) is 8.28. The maximum atomic E-state index is 14.4. The Morgan fingerprint density at radius 3 is 2.58 bits per heavy atom. The van der Waals surface area contributed by atoms with Crippen LogP contribution in [0.2, 0.25) is 5.02 Å². The average molecular weight is 470 g/mol. The van der Waals surface area contributed by atoms with Crippen LogP contribution in [-0.2, 0) is 20.1 Å². The smallest absolute Gasteiger partial charge is 0.332 e. The van der Waals surface area contributed by atoms with E-state index in [-0.39, 0.29) is 22.8 Å². The van der Waals surface area contributed by atoms with Gasteiger partial charge in [-0.1, -0.05) is 17.7 Å². The number of ether oxygens (including phenoxy) is 1. The molecule has 5 rings (SSSR count). The van der Waals surface area contributed by atoms with Crippen LogP contribution in [0.4, 0.5) is 16.0 Å². The topological polar surface area (TPSA) is 74.3 Å². The van der Waals surface area contributed by atoms with E-state index >= 15 is 0 Å². The van der Waals surface area contributed by atoms with Crippen LogP contribution in [0, 0.1) is 5.82 Å². The van der Waals surface area contributed by atoms with Crippen molar-refractivity contribution in [2.75, 3.05) is 18.6 Å². The number of fused-ring (bicyclic) bond motifs is 3. The number of benzene rings is 2.